The molecule has 1 heterocycles. The zero-order chi connectivity index (χ0) is 12.4. The van der Waals surface area contributed by atoms with Crippen molar-refractivity contribution in [3.8, 4) is 6.07 Å². The van der Waals surface area contributed by atoms with Crippen molar-refractivity contribution in [1.82, 2.24) is 9.78 Å². The van der Waals surface area contributed by atoms with Gasteiger partial charge in [-0.3, -0.25) is 0 Å². The Labute approximate surface area is 100 Å². The van der Waals surface area contributed by atoms with Gasteiger partial charge in [0.25, 0.3) is 0 Å². The summed E-state index contributed by atoms with van der Waals surface area (Å²) in [5, 5.41) is 13.2. The van der Waals surface area contributed by atoms with Crippen LogP contribution in [-0.4, -0.2) is 9.78 Å². The molecule has 0 aliphatic heterocycles. The second-order valence-electron chi connectivity index (χ2n) is 4.10. The van der Waals surface area contributed by atoms with Gasteiger partial charge < -0.3 is 5.73 Å². The van der Waals surface area contributed by atoms with E-state index in [4.69, 9.17) is 11.0 Å². The van der Waals surface area contributed by atoms with Gasteiger partial charge in [0.2, 0.25) is 0 Å². The normalized spacial score (nSPS) is 10.2. The molecule has 0 spiro atoms. The number of hydrogen-bond acceptors (Lipinski definition) is 3. The second-order valence-corrected chi connectivity index (χ2v) is 4.10. The Kier molecular flexibility index (Phi) is 2.84. The van der Waals surface area contributed by atoms with E-state index in [0.29, 0.717) is 23.6 Å². The lowest BCUT2D eigenvalue weighted by Gasteiger charge is -2.04. The van der Waals surface area contributed by atoms with Gasteiger partial charge in [0.05, 0.1) is 12.2 Å². The Bertz CT molecular complexity index is 573. The van der Waals surface area contributed by atoms with E-state index >= 15 is 0 Å². The molecule has 0 amide bonds. The molecule has 17 heavy (non-hydrogen) atoms. The maximum atomic E-state index is 8.93. The molecule has 0 aliphatic carbocycles. The first-order valence-electron chi connectivity index (χ1n) is 5.40. The number of nitriles is 1. The monoisotopic (exact) mass is 226 g/mol. The van der Waals surface area contributed by atoms with Crippen molar-refractivity contribution < 1.29 is 0 Å². The standard InChI is InChI=1S/C13H14N4/c1-9-3-5-11(6-4-9)8-17-13(15)12(7-14)10(2)16-17/h3-6H,8,15H2,1-2H3. The molecule has 0 bridgehead atoms. The molecule has 0 radical (unpaired) electrons. The Morgan fingerprint density at radius 1 is 1.29 bits per heavy atom. The smallest absolute Gasteiger partial charge is 0.140 e. The van der Waals surface area contributed by atoms with Crippen LogP contribution in [0.25, 0.3) is 0 Å². The van der Waals surface area contributed by atoms with Crippen LogP contribution in [-0.2, 0) is 6.54 Å². The van der Waals surface area contributed by atoms with Crippen LogP contribution < -0.4 is 5.73 Å². The molecule has 4 heteroatoms. The van der Waals surface area contributed by atoms with Gasteiger partial charge in [0.15, 0.2) is 0 Å². The van der Waals surface area contributed by atoms with E-state index in [1.807, 2.05) is 31.2 Å². The lowest BCUT2D eigenvalue weighted by atomic mass is 10.1. The fourth-order valence-corrected chi connectivity index (χ4v) is 1.72. The molecule has 0 aliphatic rings. The third kappa shape index (κ3) is 2.13. The quantitative estimate of drug-likeness (QED) is 0.851. The highest BCUT2D eigenvalue weighted by Gasteiger charge is 2.11. The first-order valence-corrected chi connectivity index (χ1v) is 5.40. The number of benzene rings is 1. The summed E-state index contributed by atoms with van der Waals surface area (Å²) in [6.07, 6.45) is 0. The van der Waals surface area contributed by atoms with E-state index in [9.17, 15) is 0 Å². The zero-order valence-electron chi connectivity index (χ0n) is 9.94. The van der Waals surface area contributed by atoms with Crippen LogP contribution >= 0.6 is 0 Å². The molecule has 0 saturated carbocycles. The molecule has 2 aromatic rings. The Morgan fingerprint density at radius 3 is 2.47 bits per heavy atom. The van der Waals surface area contributed by atoms with Crippen molar-refractivity contribution in [1.29, 1.82) is 5.26 Å². The number of aryl methyl sites for hydroxylation is 2. The van der Waals surface area contributed by atoms with Gasteiger partial charge in [-0.05, 0) is 19.4 Å². The highest BCUT2D eigenvalue weighted by atomic mass is 15.3. The Balaban J connectivity index is 2.31. The van der Waals surface area contributed by atoms with Gasteiger partial charge in [-0.15, -0.1) is 0 Å². The predicted molar refractivity (Wildman–Crippen MR) is 66.4 cm³/mol. The molecular formula is C13H14N4. The van der Waals surface area contributed by atoms with E-state index in [0.717, 1.165) is 5.56 Å². The van der Waals surface area contributed by atoms with Gasteiger partial charge in [-0.25, -0.2) is 4.68 Å². The first-order chi connectivity index (χ1) is 8.11. The van der Waals surface area contributed by atoms with Crippen LogP contribution in [0.15, 0.2) is 24.3 Å². The fraction of sp³-hybridized carbons (Fsp3) is 0.231. The van der Waals surface area contributed by atoms with Crippen LogP contribution in [0.3, 0.4) is 0 Å². The molecule has 0 unspecified atom stereocenters. The van der Waals surface area contributed by atoms with E-state index in [-0.39, 0.29) is 0 Å². The van der Waals surface area contributed by atoms with Crippen molar-refractivity contribution >= 4 is 5.82 Å². The lowest BCUT2D eigenvalue weighted by Crippen LogP contribution is -2.06. The van der Waals surface area contributed by atoms with Crippen LogP contribution in [0.1, 0.15) is 22.4 Å². The Morgan fingerprint density at radius 2 is 1.94 bits per heavy atom. The van der Waals surface area contributed by atoms with Crippen molar-refractivity contribution in [3.63, 3.8) is 0 Å². The molecule has 86 valence electrons. The molecule has 2 N–H and O–H groups in total. The SMILES string of the molecule is Cc1ccc(Cn2nc(C)c(C#N)c2N)cc1. The number of nitrogens with zero attached hydrogens (tertiary/aromatic N) is 3. The van der Waals surface area contributed by atoms with Crippen molar-refractivity contribution in [3.05, 3.63) is 46.6 Å². The number of nitrogens with two attached hydrogens (primary N) is 1. The van der Waals surface area contributed by atoms with Crippen LogP contribution in [0.4, 0.5) is 5.82 Å². The average molecular weight is 226 g/mol. The number of hydrogen-bond donors (Lipinski definition) is 1. The van der Waals surface area contributed by atoms with Crippen LogP contribution in [0.5, 0.6) is 0 Å². The van der Waals surface area contributed by atoms with Gasteiger partial charge in [0, 0.05) is 0 Å². The summed E-state index contributed by atoms with van der Waals surface area (Å²) in [4.78, 5) is 0. The molecule has 1 aromatic heterocycles. The summed E-state index contributed by atoms with van der Waals surface area (Å²) in [6.45, 7) is 4.43. The highest BCUT2D eigenvalue weighted by molar-refractivity contribution is 5.51. The number of aromatic nitrogens is 2. The highest BCUT2D eigenvalue weighted by Crippen LogP contribution is 2.16. The minimum Gasteiger partial charge on any atom is -0.383 e. The largest absolute Gasteiger partial charge is 0.383 e. The summed E-state index contributed by atoms with van der Waals surface area (Å²) < 4.78 is 1.67. The molecule has 0 saturated heterocycles. The maximum absolute atomic E-state index is 8.93. The predicted octanol–water partition coefficient (Wildman–Crippen LogP) is 2.00. The number of anilines is 1. The molecule has 0 fully saturated rings. The summed E-state index contributed by atoms with van der Waals surface area (Å²) in [6, 6.07) is 10.2. The summed E-state index contributed by atoms with van der Waals surface area (Å²) in [5.74, 6) is 0.436. The Hall–Kier alpha value is -2.28. The van der Waals surface area contributed by atoms with Crippen LogP contribution in [0, 0.1) is 25.2 Å². The fourth-order valence-electron chi connectivity index (χ4n) is 1.72. The number of rotatable bonds is 2. The maximum Gasteiger partial charge on any atom is 0.140 e. The van der Waals surface area contributed by atoms with E-state index in [1.165, 1.54) is 5.56 Å². The second kappa shape index (κ2) is 4.30. The van der Waals surface area contributed by atoms with Crippen LogP contribution in [0.2, 0.25) is 0 Å². The molecule has 4 nitrogen and oxygen atoms in total. The van der Waals surface area contributed by atoms with Gasteiger partial charge in [-0.2, -0.15) is 10.4 Å². The topological polar surface area (TPSA) is 67.6 Å². The number of nitrogen functional groups attached to an aromatic ring is 1. The third-order valence-electron chi connectivity index (χ3n) is 2.73. The third-order valence-corrected chi connectivity index (χ3v) is 2.73. The average Bonchev–Trinajstić information content (AvgIpc) is 2.57. The van der Waals surface area contributed by atoms with Crippen molar-refractivity contribution in [2.45, 2.75) is 20.4 Å². The van der Waals surface area contributed by atoms with Gasteiger partial charge >= 0.3 is 0 Å². The molecule has 2 rings (SSSR count). The van der Waals surface area contributed by atoms with Crippen molar-refractivity contribution in [2.75, 3.05) is 5.73 Å². The zero-order valence-corrected chi connectivity index (χ0v) is 9.94. The molecule has 0 atom stereocenters. The van der Waals surface area contributed by atoms with E-state index in [1.54, 1.807) is 11.6 Å². The minimum atomic E-state index is 0.436. The summed E-state index contributed by atoms with van der Waals surface area (Å²) >= 11 is 0. The summed E-state index contributed by atoms with van der Waals surface area (Å²) in [7, 11) is 0. The van der Waals surface area contributed by atoms with Gasteiger partial charge in [0.1, 0.15) is 17.5 Å². The van der Waals surface area contributed by atoms with Crippen molar-refractivity contribution in [2.24, 2.45) is 0 Å². The van der Waals surface area contributed by atoms with E-state index < -0.39 is 0 Å². The molecule has 1 aromatic carbocycles. The van der Waals surface area contributed by atoms with Gasteiger partial charge in [-0.1, -0.05) is 29.8 Å². The van der Waals surface area contributed by atoms with E-state index in [2.05, 4.69) is 11.2 Å². The minimum absolute atomic E-state index is 0.436. The molecular weight excluding hydrogens is 212 g/mol. The summed E-state index contributed by atoms with van der Waals surface area (Å²) in [5.41, 5.74) is 9.36. The lowest BCUT2D eigenvalue weighted by molar-refractivity contribution is 0.689. The first kappa shape index (κ1) is 11.2.